The lowest BCUT2D eigenvalue weighted by Gasteiger charge is -2.13. The number of hydrogen-bond donors (Lipinski definition) is 0. The van der Waals surface area contributed by atoms with Gasteiger partial charge in [-0.3, -0.25) is 0 Å². The highest BCUT2D eigenvalue weighted by Gasteiger charge is 2.38. The van der Waals surface area contributed by atoms with Crippen LogP contribution in [-0.4, -0.2) is 35.1 Å². The largest absolute Gasteiger partial charge is 0.445 e. The highest BCUT2D eigenvalue weighted by atomic mass is 19.4. The van der Waals surface area contributed by atoms with Crippen molar-refractivity contribution >= 4 is 22.1 Å². The number of nitrogens with zero attached hydrogens (tertiary/aromatic N) is 7. The fourth-order valence-corrected chi connectivity index (χ4v) is 5.46. The molecule has 0 amide bonds. The van der Waals surface area contributed by atoms with Crippen LogP contribution in [0.4, 0.5) is 30.7 Å². The van der Waals surface area contributed by atoms with Gasteiger partial charge in [0.1, 0.15) is 23.5 Å². The zero-order valence-electron chi connectivity index (χ0n) is 28.0. The Morgan fingerprint density at radius 1 is 0.574 bits per heavy atom. The molecule has 0 saturated heterocycles. The Labute approximate surface area is 300 Å². The fourth-order valence-electron chi connectivity index (χ4n) is 5.46. The summed E-state index contributed by atoms with van der Waals surface area (Å²) in [6.07, 6.45) is -5.60. The summed E-state index contributed by atoms with van der Waals surface area (Å²) in [5, 5.41) is 7.61. The normalized spacial score (nSPS) is 11.9. The number of fused-ring (bicyclic) bond motifs is 2. The molecule has 0 saturated carbocycles. The number of rotatable bonds is 5. The molecule has 4 aromatic heterocycles. The summed E-state index contributed by atoms with van der Waals surface area (Å²) in [5.41, 5.74) is 0.710. The van der Waals surface area contributed by atoms with E-state index < -0.39 is 29.6 Å². The molecule has 0 fully saturated rings. The summed E-state index contributed by atoms with van der Waals surface area (Å²) in [6.45, 7) is 3.61. The van der Waals surface area contributed by atoms with E-state index in [1.165, 1.54) is 48.9 Å². The molecule has 16 heteroatoms. The Bertz CT molecular complexity index is 2590. The molecule has 0 N–H and O–H groups in total. The highest BCUT2D eigenvalue weighted by molar-refractivity contribution is 5.84. The molecule has 8 rings (SSSR count). The Hall–Kier alpha value is -6.58. The van der Waals surface area contributed by atoms with Crippen LogP contribution in [0, 0.1) is 12.7 Å². The van der Waals surface area contributed by atoms with Gasteiger partial charge in [-0.15, -0.1) is 10.2 Å². The number of halogens is 7. The molecule has 0 unspecified atom stereocenters. The third-order valence-corrected chi connectivity index (χ3v) is 8.07. The lowest BCUT2D eigenvalue weighted by Crippen LogP contribution is -2.12. The Balaban J connectivity index is 0.000000167. The van der Waals surface area contributed by atoms with E-state index in [9.17, 15) is 30.7 Å². The van der Waals surface area contributed by atoms with Crippen LogP contribution >= 0.6 is 0 Å². The van der Waals surface area contributed by atoms with Crippen molar-refractivity contribution in [1.29, 1.82) is 0 Å². The number of benzene rings is 4. The van der Waals surface area contributed by atoms with E-state index in [1.807, 2.05) is 6.92 Å². The smallest absolute Gasteiger partial charge is 0.435 e. The average Bonchev–Trinajstić information content (AvgIpc) is 3.86. The average molecular weight is 744 g/mol. The maximum Gasteiger partial charge on any atom is 0.435 e. The van der Waals surface area contributed by atoms with Gasteiger partial charge in [-0.2, -0.15) is 26.3 Å². The molecule has 272 valence electrons. The molecule has 9 nitrogen and oxygen atoms in total. The van der Waals surface area contributed by atoms with Crippen molar-refractivity contribution in [3.8, 4) is 45.4 Å². The van der Waals surface area contributed by atoms with Crippen molar-refractivity contribution in [3.63, 3.8) is 0 Å². The van der Waals surface area contributed by atoms with Gasteiger partial charge < -0.3 is 8.83 Å². The Morgan fingerprint density at radius 2 is 1.07 bits per heavy atom. The summed E-state index contributed by atoms with van der Waals surface area (Å²) in [4.78, 5) is 20.1. The van der Waals surface area contributed by atoms with E-state index in [-0.39, 0.29) is 39.4 Å². The van der Waals surface area contributed by atoms with Crippen LogP contribution in [0.2, 0.25) is 0 Å². The van der Waals surface area contributed by atoms with Crippen LogP contribution in [0.1, 0.15) is 29.8 Å². The molecule has 0 radical (unpaired) electrons. The minimum atomic E-state index is -4.72. The molecule has 4 heterocycles. The van der Waals surface area contributed by atoms with Crippen LogP contribution in [0.15, 0.2) is 106 Å². The standard InChI is InChI=1S/C20H14F3N3O.C18H10F4N4O/c1-2-12-3-5-13(6-4-12)17-18(20(21,22)23)26-15-8-7-14(11-16(15)25-17)19-24-9-10-27-19;1-9-25-26-17(27-9)11-4-7-13-14(8-11)23-15(16(24-13)18(20,21)22)10-2-5-12(19)6-3-10/h3-11H,2H2,1H3;2-8H,1H3. The number of aryl methyl sites for hydroxylation is 2. The van der Waals surface area contributed by atoms with E-state index in [2.05, 4.69) is 35.1 Å². The molecular weight excluding hydrogens is 719 g/mol. The lowest BCUT2D eigenvalue weighted by molar-refractivity contribution is -0.141. The minimum Gasteiger partial charge on any atom is -0.445 e. The van der Waals surface area contributed by atoms with E-state index in [4.69, 9.17) is 8.83 Å². The first kappa shape index (κ1) is 35.8. The SMILES string of the molecule is CCc1ccc(-c2nc3cc(-c4ncco4)ccc3nc2C(F)(F)F)cc1.Cc1nnc(-c2ccc3nc(C(F)(F)F)c(-c4ccc(F)cc4)nc3c2)o1. The van der Waals surface area contributed by atoms with Gasteiger partial charge in [-0.25, -0.2) is 29.3 Å². The van der Waals surface area contributed by atoms with E-state index in [0.29, 0.717) is 34.0 Å². The van der Waals surface area contributed by atoms with Crippen molar-refractivity contribution in [2.45, 2.75) is 32.6 Å². The predicted molar refractivity (Wildman–Crippen MR) is 183 cm³/mol. The van der Waals surface area contributed by atoms with Gasteiger partial charge in [0.2, 0.25) is 17.7 Å². The van der Waals surface area contributed by atoms with Crippen LogP contribution in [0.25, 0.3) is 67.5 Å². The monoisotopic (exact) mass is 743 g/mol. The Kier molecular flexibility index (Phi) is 9.35. The third kappa shape index (κ3) is 7.49. The fraction of sp³-hybridized carbons (Fsp3) is 0.132. The first-order valence-electron chi connectivity index (χ1n) is 16.1. The summed E-state index contributed by atoms with van der Waals surface area (Å²) in [6, 6.07) is 20.6. The highest BCUT2D eigenvalue weighted by Crippen LogP contribution is 2.38. The maximum atomic E-state index is 13.6. The van der Waals surface area contributed by atoms with Crippen molar-refractivity contribution in [2.24, 2.45) is 0 Å². The van der Waals surface area contributed by atoms with Gasteiger partial charge in [0.05, 0.1) is 28.3 Å². The molecule has 0 atom stereocenters. The first-order valence-corrected chi connectivity index (χ1v) is 16.1. The number of alkyl halides is 6. The van der Waals surface area contributed by atoms with Gasteiger partial charge in [0.15, 0.2) is 11.4 Å². The molecule has 8 aromatic rings. The zero-order valence-corrected chi connectivity index (χ0v) is 28.0. The number of oxazole rings is 1. The van der Waals surface area contributed by atoms with Gasteiger partial charge in [0.25, 0.3) is 0 Å². The second-order valence-electron chi connectivity index (χ2n) is 11.8. The van der Waals surface area contributed by atoms with Crippen LogP contribution in [0.5, 0.6) is 0 Å². The van der Waals surface area contributed by atoms with Crippen molar-refractivity contribution in [2.75, 3.05) is 0 Å². The molecule has 0 aliphatic heterocycles. The van der Waals surface area contributed by atoms with Crippen LogP contribution in [0.3, 0.4) is 0 Å². The Morgan fingerprint density at radius 3 is 1.52 bits per heavy atom. The second kappa shape index (κ2) is 14.1. The van der Waals surface area contributed by atoms with Crippen molar-refractivity contribution < 1.29 is 39.6 Å². The summed E-state index contributed by atoms with van der Waals surface area (Å²) in [5.74, 6) is 0.387. The van der Waals surface area contributed by atoms with Gasteiger partial charge in [0, 0.05) is 29.2 Å². The molecule has 0 aliphatic carbocycles. The predicted octanol–water partition coefficient (Wildman–Crippen LogP) is 10.3. The summed E-state index contributed by atoms with van der Waals surface area (Å²) < 4.78 is 105. The molecule has 0 spiro atoms. The lowest BCUT2D eigenvalue weighted by atomic mass is 10.0. The third-order valence-electron chi connectivity index (χ3n) is 8.07. The molecule has 0 aliphatic rings. The number of hydrogen-bond acceptors (Lipinski definition) is 9. The molecule has 4 aromatic carbocycles. The molecule has 54 heavy (non-hydrogen) atoms. The van der Waals surface area contributed by atoms with E-state index >= 15 is 0 Å². The van der Waals surface area contributed by atoms with Crippen LogP contribution < -0.4 is 0 Å². The second-order valence-corrected chi connectivity index (χ2v) is 11.8. The van der Waals surface area contributed by atoms with Gasteiger partial charge in [-0.1, -0.05) is 31.2 Å². The van der Waals surface area contributed by atoms with Crippen LogP contribution in [-0.2, 0) is 18.8 Å². The van der Waals surface area contributed by atoms with E-state index in [0.717, 1.165) is 24.1 Å². The quantitative estimate of drug-likeness (QED) is 0.159. The minimum absolute atomic E-state index is 0.0631. The maximum absolute atomic E-state index is 13.6. The zero-order chi connectivity index (χ0) is 38.2. The molecular formula is C38H24F7N7O2. The van der Waals surface area contributed by atoms with Gasteiger partial charge >= 0.3 is 12.4 Å². The van der Waals surface area contributed by atoms with Gasteiger partial charge in [-0.05, 0) is 72.6 Å². The van der Waals surface area contributed by atoms with E-state index in [1.54, 1.807) is 43.3 Å². The molecule has 0 bridgehead atoms. The summed E-state index contributed by atoms with van der Waals surface area (Å²) >= 11 is 0. The van der Waals surface area contributed by atoms with Crippen molar-refractivity contribution in [3.05, 3.63) is 126 Å². The summed E-state index contributed by atoms with van der Waals surface area (Å²) in [7, 11) is 0. The topological polar surface area (TPSA) is 117 Å². The van der Waals surface area contributed by atoms with Crippen molar-refractivity contribution in [1.82, 2.24) is 35.1 Å². The number of aromatic nitrogens is 7. The first-order chi connectivity index (χ1) is 25.8.